The summed E-state index contributed by atoms with van der Waals surface area (Å²) in [6, 6.07) is 8.77. The molecule has 0 spiro atoms. The van der Waals surface area contributed by atoms with Crippen molar-refractivity contribution in [1.29, 1.82) is 0 Å². The lowest BCUT2D eigenvalue weighted by atomic mass is 9.91. The van der Waals surface area contributed by atoms with Crippen LogP contribution >= 0.6 is 0 Å². The average molecular weight is 306 g/mol. The van der Waals surface area contributed by atoms with Gasteiger partial charge in [-0.15, -0.1) is 0 Å². The van der Waals surface area contributed by atoms with Crippen molar-refractivity contribution in [2.45, 2.75) is 25.0 Å². The summed E-state index contributed by atoms with van der Waals surface area (Å²) in [6.07, 6.45) is -0.0627. The molecular weight excluding hydrogens is 284 g/mol. The zero-order valence-corrected chi connectivity index (χ0v) is 12.6. The van der Waals surface area contributed by atoms with Gasteiger partial charge in [-0.1, -0.05) is 30.3 Å². The smallest absolute Gasteiger partial charge is 0.252 e. The lowest BCUT2D eigenvalue weighted by Crippen LogP contribution is -2.39. The Morgan fingerprint density at radius 2 is 1.95 bits per heavy atom. The molecule has 120 valence electrons. The molecule has 1 aliphatic rings. The molecule has 1 aromatic rings. The van der Waals surface area contributed by atoms with E-state index in [-0.39, 0.29) is 12.5 Å². The number of hydrogen-bond acceptors (Lipinski definition) is 4. The molecule has 1 fully saturated rings. The number of carbonyl (C=O) groups is 2. The maximum Gasteiger partial charge on any atom is 0.252 e. The van der Waals surface area contributed by atoms with E-state index >= 15 is 0 Å². The monoisotopic (exact) mass is 306 g/mol. The summed E-state index contributed by atoms with van der Waals surface area (Å²) < 4.78 is 0. The van der Waals surface area contributed by atoms with Crippen LogP contribution in [0.25, 0.3) is 0 Å². The van der Waals surface area contributed by atoms with E-state index in [0.717, 1.165) is 5.56 Å². The summed E-state index contributed by atoms with van der Waals surface area (Å²) in [7, 11) is 1.60. The third-order valence-corrected chi connectivity index (χ3v) is 4.03. The molecule has 0 aromatic heterocycles. The van der Waals surface area contributed by atoms with Crippen LogP contribution in [0.2, 0.25) is 0 Å². The molecule has 0 unspecified atom stereocenters. The van der Waals surface area contributed by atoms with Crippen molar-refractivity contribution in [3.8, 4) is 0 Å². The van der Waals surface area contributed by atoms with Crippen LogP contribution in [0.3, 0.4) is 0 Å². The van der Waals surface area contributed by atoms with Crippen LogP contribution < -0.4 is 5.32 Å². The zero-order chi connectivity index (χ0) is 16.1. The fourth-order valence-corrected chi connectivity index (χ4v) is 2.85. The van der Waals surface area contributed by atoms with Crippen molar-refractivity contribution in [3.05, 3.63) is 35.9 Å². The molecule has 1 aromatic carbocycles. The Labute approximate surface area is 129 Å². The van der Waals surface area contributed by atoms with Gasteiger partial charge in [0, 0.05) is 20.2 Å². The van der Waals surface area contributed by atoms with Crippen molar-refractivity contribution < 1.29 is 19.8 Å². The normalized spacial score (nSPS) is 24.6. The van der Waals surface area contributed by atoms with Gasteiger partial charge in [0.25, 0.3) is 5.91 Å². The Kier molecular flexibility index (Phi) is 5.51. The molecule has 22 heavy (non-hydrogen) atoms. The fraction of sp³-hybridized carbons (Fsp3) is 0.500. The first-order valence-electron chi connectivity index (χ1n) is 7.46. The molecule has 2 amide bonds. The van der Waals surface area contributed by atoms with E-state index in [1.165, 1.54) is 4.90 Å². The van der Waals surface area contributed by atoms with E-state index in [1.54, 1.807) is 7.05 Å². The number of likely N-dealkylation sites (N-methyl/N-ethyl adjacent to an activating group) is 1. The summed E-state index contributed by atoms with van der Waals surface area (Å²) in [5.41, 5.74) is 0.824. The minimum Gasteiger partial charge on any atom is -0.396 e. The Morgan fingerprint density at radius 1 is 1.27 bits per heavy atom. The summed E-state index contributed by atoms with van der Waals surface area (Å²) in [6.45, 7) is 0.498. The highest BCUT2D eigenvalue weighted by Crippen LogP contribution is 2.37. The van der Waals surface area contributed by atoms with Gasteiger partial charge in [0.05, 0.1) is 12.0 Å². The summed E-state index contributed by atoms with van der Waals surface area (Å²) in [5.74, 6) is -1.60. The van der Waals surface area contributed by atoms with Gasteiger partial charge in [-0.3, -0.25) is 9.59 Å². The fourth-order valence-electron chi connectivity index (χ4n) is 2.85. The van der Waals surface area contributed by atoms with Gasteiger partial charge in [0.15, 0.2) is 0 Å². The van der Waals surface area contributed by atoms with E-state index in [9.17, 15) is 14.7 Å². The quantitative estimate of drug-likeness (QED) is 0.649. The Bertz CT molecular complexity index is 520. The number of amides is 2. The second kappa shape index (κ2) is 7.38. The highest BCUT2D eigenvalue weighted by atomic mass is 16.3. The predicted octanol–water partition coefficient (Wildman–Crippen LogP) is 0.0655. The summed E-state index contributed by atoms with van der Waals surface area (Å²) in [5, 5.41) is 21.6. The number of unbranched alkanes of at least 4 members (excludes halogenated alkanes) is 1. The third kappa shape index (κ3) is 3.28. The zero-order valence-electron chi connectivity index (χ0n) is 12.6. The van der Waals surface area contributed by atoms with Crippen molar-refractivity contribution in [2.75, 3.05) is 20.2 Å². The van der Waals surface area contributed by atoms with Crippen LogP contribution in [-0.4, -0.2) is 53.2 Å². The number of likely N-dealkylation sites (tertiary alicyclic amines) is 1. The largest absolute Gasteiger partial charge is 0.396 e. The van der Waals surface area contributed by atoms with Crippen molar-refractivity contribution in [3.63, 3.8) is 0 Å². The van der Waals surface area contributed by atoms with Gasteiger partial charge in [0.1, 0.15) is 6.10 Å². The minimum atomic E-state index is -1.33. The van der Waals surface area contributed by atoms with Crippen LogP contribution in [0.1, 0.15) is 24.4 Å². The highest BCUT2D eigenvalue weighted by Gasteiger charge is 2.49. The van der Waals surface area contributed by atoms with Gasteiger partial charge in [-0.05, 0) is 18.4 Å². The molecule has 1 heterocycles. The van der Waals surface area contributed by atoms with Gasteiger partial charge in [0.2, 0.25) is 5.91 Å². The van der Waals surface area contributed by atoms with Crippen LogP contribution in [-0.2, 0) is 9.59 Å². The second-order valence-corrected chi connectivity index (χ2v) is 5.50. The molecule has 3 N–H and O–H groups in total. The Hall–Kier alpha value is -1.92. The lowest BCUT2D eigenvalue weighted by Gasteiger charge is -2.24. The van der Waals surface area contributed by atoms with E-state index < -0.39 is 24.0 Å². The lowest BCUT2D eigenvalue weighted by molar-refractivity contribution is -0.137. The van der Waals surface area contributed by atoms with Crippen molar-refractivity contribution in [1.82, 2.24) is 10.2 Å². The van der Waals surface area contributed by atoms with E-state index in [1.807, 2.05) is 30.3 Å². The average Bonchev–Trinajstić information content (AvgIpc) is 2.76. The van der Waals surface area contributed by atoms with Crippen LogP contribution in [0, 0.1) is 5.92 Å². The maximum atomic E-state index is 12.4. The minimum absolute atomic E-state index is 0.0792. The number of aliphatic hydroxyl groups excluding tert-OH is 2. The predicted molar refractivity (Wildman–Crippen MR) is 80.8 cm³/mol. The number of nitrogens with zero attached hydrogens (tertiary/aromatic N) is 1. The Morgan fingerprint density at radius 3 is 2.59 bits per heavy atom. The third-order valence-electron chi connectivity index (χ3n) is 4.03. The highest BCUT2D eigenvalue weighted by molar-refractivity contribution is 5.93. The molecule has 0 saturated carbocycles. The first-order valence-corrected chi connectivity index (χ1v) is 7.46. The second-order valence-electron chi connectivity index (χ2n) is 5.50. The van der Waals surface area contributed by atoms with Crippen LogP contribution in [0.15, 0.2) is 30.3 Å². The summed E-state index contributed by atoms with van der Waals surface area (Å²) >= 11 is 0. The van der Waals surface area contributed by atoms with Crippen molar-refractivity contribution in [2.24, 2.45) is 5.92 Å². The summed E-state index contributed by atoms with van der Waals surface area (Å²) in [4.78, 5) is 25.9. The Balaban J connectivity index is 2.15. The molecule has 2 rings (SSSR count). The standard InChI is InChI=1S/C16H22N2O4/c1-18-13(11-7-3-2-4-8-11)12(14(20)16(18)22)15(21)17-9-5-6-10-19/h2-4,7-8,12-14,19-20H,5-6,9-10H2,1H3,(H,17,21)/t12-,13-,14-/m1/s1. The maximum absolute atomic E-state index is 12.4. The molecule has 3 atom stereocenters. The number of aliphatic hydroxyl groups is 2. The number of benzene rings is 1. The first kappa shape index (κ1) is 16.5. The van der Waals surface area contributed by atoms with Crippen LogP contribution in [0.5, 0.6) is 0 Å². The molecule has 0 bridgehead atoms. The molecule has 6 heteroatoms. The number of nitrogens with one attached hydrogen (secondary N) is 1. The van der Waals surface area contributed by atoms with Crippen molar-refractivity contribution >= 4 is 11.8 Å². The molecule has 1 saturated heterocycles. The SMILES string of the molecule is CN1C(=O)[C@H](O)[C@H](C(=O)NCCCCO)[C@H]1c1ccccc1. The molecular formula is C16H22N2O4. The van der Waals surface area contributed by atoms with Gasteiger partial charge < -0.3 is 20.4 Å². The van der Waals surface area contributed by atoms with E-state index in [0.29, 0.717) is 19.4 Å². The van der Waals surface area contributed by atoms with E-state index in [4.69, 9.17) is 5.11 Å². The van der Waals surface area contributed by atoms with Gasteiger partial charge in [-0.2, -0.15) is 0 Å². The van der Waals surface area contributed by atoms with Gasteiger partial charge in [-0.25, -0.2) is 0 Å². The van der Waals surface area contributed by atoms with Gasteiger partial charge >= 0.3 is 0 Å². The number of carbonyl (C=O) groups excluding carboxylic acids is 2. The molecule has 1 aliphatic heterocycles. The molecule has 0 radical (unpaired) electrons. The van der Waals surface area contributed by atoms with E-state index in [2.05, 4.69) is 5.32 Å². The topological polar surface area (TPSA) is 89.9 Å². The molecule has 0 aliphatic carbocycles. The number of rotatable bonds is 6. The number of hydrogen-bond donors (Lipinski definition) is 3. The molecule has 6 nitrogen and oxygen atoms in total. The first-order chi connectivity index (χ1) is 10.6. The van der Waals surface area contributed by atoms with Crippen LogP contribution in [0.4, 0.5) is 0 Å².